The van der Waals surface area contributed by atoms with E-state index in [1.165, 1.54) is 58.6 Å². The zero-order valence-corrected chi connectivity index (χ0v) is 30.7. The van der Waals surface area contributed by atoms with Crippen molar-refractivity contribution in [2.24, 2.45) is 0 Å². The van der Waals surface area contributed by atoms with Gasteiger partial charge in [0.1, 0.15) is 0 Å². The molecule has 0 unspecified atom stereocenters. The first-order chi connectivity index (χ1) is 26.5. The van der Waals surface area contributed by atoms with E-state index < -0.39 is 0 Å². The fourth-order valence-corrected chi connectivity index (χ4v) is 9.83. The van der Waals surface area contributed by atoms with E-state index in [-0.39, 0.29) is 5.41 Å². The summed E-state index contributed by atoms with van der Waals surface area (Å²) in [6.45, 7) is 4.64. The van der Waals surface area contributed by atoms with Gasteiger partial charge in [0.2, 0.25) is 0 Å². The number of para-hydroxylation sites is 1. The molecule has 4 heteroatoms. The number of rotatable bonds is 4. The van der Waals surface area contributed by atoms with E-state index >= 15 is 0 Å². The van der Waals surface area contributed by atoms with Crippen molar-refractivity contribution in [2.45, 2.75) is 19.3 Å². The van der Waals surface area contributed by atoms with Crippen molar-refractivity contribution in [2.75, 3.05) is 0 Å². The van der Waals surface area contributed by atoms with Crippen LogP contribution in [-0.4, -0.2) is 15.0 Å². The van der Waals surface area contributed by atoms with Gasteiger partial charge in [-0.15, -0.1) is 11.3 Å². The fourth-order valence-electron chi connectivity index (χ4n) is 8.58. The molecule has 11 rings (SSSR count). The Bertz CT molecular complexity index is 3120. The van der Waals surface area contributed by atoms with E-state index in [0.29, 0.717) is 0 Å². The molecule has 3 aromatic heterocycles. The summed E-state index contributed by atoms with van der Waals surface area (Å²) in [6.07, 6.45) is 0. The molecule has 7 aromatic carbocycles. The van der Waals surface area contributed by atoms with Crippen LogP contribution >= 0.6 is 11.3 Å². The van der Waals surface area contributed by atoms with Crippen LogP contribution in [0.1, 0.15) is 25.0 Å². The maximum atomic E-state index is 5.22. The highest BCUT2D eigenvalue weighted by atomic mass is 32.1. The molecular formula is C50H33N3S. The minimum absolute atomic E-state index is 0.0492. The topological polar surface area (TPSA) is 38.7 Å². The maximum absolute atomic E-state index is 5.22. The van der Waals surface area contributed by atoms with Crippen LogP contribution in [0.2, 0.25) is 0 Å². The second kappa shape index (κ2) is 11.8. The largest absolute Gasteiger partial charge is 0.247 e. The Morgan fingerprint density at radius 3 is 1.91 bits per heavy atom. The Morgan fingerprint density at radius 1 is 0.444 bits per heavy atom. The van der Waals surface area contributed by atoms with Gasteiger partial charge >= 0.3 is 0 Å². The normalized spacial score (nSPS) is 13.1. The second-order valence-electron chi connectivity index (χ2n) is 14.8. The first-order valence-corrected chi connectivity index (χ1v) is 19.3. The van der Waals surface area contributed by atoms with Crippen molar-refractivity contribution in [1.29, 1.82) is 0 Å². The van der Waals surface area contributed by atoms with Crippen molar-refractivity contribution in [3.05, 3.63) is 175 Å². The lowest BCUT2D eigenvalue weighted by Gasteiger charge is -2.21. The number of nitrogens with zero attached hydrogens (tertiary/aromatic N) is 3. The lowest BCUT2D eigenvalue weighted by Crippen LogP contribution is -2.14. The van der Waals surface area contributed by atoms with Crippen LogP contribution < -0.4 is 0 Å². The zero-order valence-electron chi connectivity index (χ0n) is 29.8. The van der Waals surface area contributed by atoms with Crippen LogP contribution in [0.25, 0.3) is 98.1 Å². The smallest absolute Gasteiger partial charge is 0.160 e. The summed E-state index contributed by atoms with van der Waals surface area (Å²) in [5.74, 6) is 0.720. The van der Waals surface area contributed by atoms with Gasteiger partial charge in [0.15, 0.2) is 5.82 Å². The number of pyridine rings is 1. The monoisotopic (exact) mass is 707 g/mol. The van der Waals surface area contributed by atoms with Crippen molar-refractivity contribution >= 4 is 53.2 Å². The zero-order chi connectivity index (χ0) is 36.0. The molecule has 3 heterocycles. The highest BCUT2D eigenvalue weighted by molar-refractivity contribution is 7.26. The molecule has 254 valence electrons. The number of hydrogen-bond acceptors (Lipinski definition) is 4. The highest BCUT2D eigenvalue weighted by Gasteiger charge is 2.35. The van der Waals surface area contributed by atoms with Crippen LogP contribution in [0.15, 0.2) is 164 Å². The first-order valence-electron chi connectivity index (χ1n) is 18.4. The molecule has 3 nitrogen and oxygen atoms in total. The van der Waals surface area contributed by atoms with E-state index in [1.54, 1.807) is 0 Å². The molecule has 0 radical (unpaired) electrons. The predicted octanol–water partition coefficient (Wildman–Crippen LogP) is 13.5. The number of benzene rings is 7. The summed E-state index contributed by atoms with van der Waals surface area (Å²) in [5.41, 5.74) is 13.4. The third-order valence-corrected chi connectivity index (χ3v) is 12.5. The summed E-state index contributed by atoms with van der Waals surface area (Å²) in [4.78, 5) is 15.6. The van der Waals surface area contributed by atoms with Crippen molar-refractivity contribution in [3.63, 3.8) is 0 Å². The minimum Gasteiger partial charge on any atom is -0.247 e. The Morgan fingerprint density at radius 2 is 1.09 bits per heavy atom. The lowest BCUT2D eigenvalue weighted by molar-refractivity contribution is 0.660. The van der Waals surface area contributed by atoms with Crippen LogP contribution in [-0.2, 0) is 5.41 Å². The third kappa shape index (κ3) is 4.70. The number of aromatic nitrogens is 3. The maximum Gasteiger partial charge on any atom is 0.160 e. The molecule has 0 saturated carbocycles. The number of hydrogen-bond donors (Lipinski definition) is 0. The summed E-state index contributed by atoms with van der Waals surface area (Å²) in [7, 11) is 0. The predicted molar refractivity (Wildman–Crippen MR) is 227 cm³/mol. The molecular weight excluding hydrogens is 675 g/mol. The molecule has 0 N–H and O–H groups in total. The van der Waals surface area contributed by atoms with Gasteiger partial charge in [-0.3, -0.25) is 0 Å². The Balaban J connectivity index is 1.11. The average molecular weight is 708 g/mol. The highest BCUT2D eigenvalue weighted by Crippen LogP contribution is 2.50. The van der Waals surface area contributed by atoms with E-state index in [4.69, 9.17) is 15.0 Å². The molecule has 0 saturated heterocycles. The minimum atomic E-state index is -0.0492. The van der Waals surface area contributed by atoms with E-state index in [1.807, 2.05) is 17.4 Å². The molecule has 0 spiro atoms. The Hall–Kier alpha value is -6.49. The van der Waals surface area contributed by atoms with Crippen LogP contribution in [0, 0.1) is 0 Å². The molecule has 1 aliphatic carbocycles. The molecule has 0 atom stereocenters. The van der Waals surface area contributed by atoms with Crippen LogP contribution in [0.3, 0.4) is 0 Å². The molecule has 0 amide bonds. The summed E-state index contributed by atoms with van der Waals surface area (Å²) in [6, 6.07) is 58.6. The van der Waals surface area contributed by atoms with Gasteiger partial charge < -0.3 is 0 Å². The molecule has 54 heavy (non-hydrogen) atoms. The second-order valence-corrected chi connectivity index (χ2v) is 15.8. The standard InChI is InChI=1S/C50H33N3S/c1-50(2)40-19-11-9-17-34(40)38-27-32(21-25-41(38)50)43-29-44(53-49(52-43)31-15-7-4-8-16-31)33-22-26-45-39(28-33)35-23-24-37-46(48(35)54-45)36-18-10-12-20-42(36)51-47(37)30-13-5-3-6-14-30/h3-29H,1-2H3. The average Bonchev–Trinajstić information content (AvgIpc) is 3.72. The number of thiophene rings is 1. The van der Waals surface area contributed by atoms with Crippen LogP contribution in [0.5, 0.6) is 0 Å². The van der Waals surface area contributed by atoms with E-state index in [9.17, 15) is 0 Å². The van der Waals surface area contributed by atoms with Gasteiger partial charge in [0.05, 0.1) is 22.6 Å². The SMILES string of the molecule is CC1(C)c2ccccc2-c2cc(-c3cc(-c4ccc5sc6c(ccc7c(-c8ccccc8)nc8ccccc8c76)c5c4)nc(-c4ccccc4)n3)ccc21. The lowest BCUT2D eigenvalue weighted by atomic mass is 9.82. The molecule has 10 aromatic rings. The van der Waals surface area contributed by atoms with E-state index in [2.05, 4.69) is 172 Å². The first kappa shape index (κ1) is 31.1. The summed E-state index contributed by atoms with van der Waals surface area (Å²) in [5, 5.41) is 6.09. The van der Waals surface area contributed by atoms with Gasteiger partial charge in [0, 0.05) is 64.0 Å². The third-order valence-electron chi connectivity index (χ3n) is 11.3. The Kier molecular flexibility index (Phi) is 6.77. The van der Waals surface area contributed by atoms with E-state index in [0.717, 1.165) is 50.7 Å². The molecule has 0 bridgehead atoms. The van der Waals surface area contributed by atoms with Gasteiger partial charge in [-0.25, -0.2) is 15.0 Å². The molecule has 0 aliphatic heterocycles. The van der Waals surface area contributed by atoms with Crippen molar-refractivity contribution < 1.29 is 0 Å². The van der Waals surface area contributed by atoms with Crippen molar-refractivity contribution in [3.8, 4) is 56.3 Å². The van der Waals surface area contributed by atoms with Gasteiger partial charge in [0.25, 0.3) is 0 Å². The van der Waals surface area contributed by atoms with Gasteiger partial charge in [-0.1, -0.05) is 147 Å². The van der Waals surface area contributed by atoms with Gasteiger partial charge in [-0.05, 0) is 52.6 Å². The quantitative estimate of drug-likeness (QED) is 0.171. The summed E-state index contributed by atoms with van der Waals surface area (Å²) >= 11 is 1.86. The number of fused-ring (bicyclic) bond motifs is 10. The molecule has 1 aliphatic rings. The summed E-state index contributed by atoms with van der Waals surface area (Å²) < 4.78 is 2.53. The Labute approximate surface area is 317 Å². The van der Waals surface area contributed by atoms with Crippen molar-refractivity contribution in [1.82, 2.24) is 15.0 Å². The van der Waals surface area contributed by atoms with Crippen LogP contribution in [0.4, 0.5) is 0 Å². The fraction of sp³-hybridized carbons (Fsp3) is 0.0600. The molecule has 0 fully saturated rings. The van der Waals surface area contributed by atoms with Gasteiger partial charge in [-0.2, -0.15) is 0 Å².